The maximum Gasteiger partial charge on any atom is 0.317 e. The molecule has 1 aromatic rings. The summed E-state index contributed by atoms with van der Waals surface area (Å²) in [6.07, 6.45) is 1.97. The topological polar surface area (TPSA) is 71.1 Å². The Hall–Kier alpha value is -2.44. The van der Waals surface area contributed by atoms with E-state index in [2.05, 4.69) is 5.32 Å². The van der Waals surface area contributed by atoms with E-state index in [0.29, 0.717) is 44.2 Å². The summed E-state index contributed by atoms with van der Waals surface area (Å²) in [7, 11) is 3.18. The van der Waals surface area contributed by atoms with Gasteiger partial charge in [-0.05, 0) is 18.9 Å². The predicted molar refractivity (Wildman–Crippen MR) is 99.7 cm³/mol. The highest BCUT2D eigenvalue weighted by Gasteiger charge is 2.22. The van der Waals surface area contributed by atoms with Gasteiger partial charge in [0.2, 0.25) is 5.91 Å². The van der Waals surface area contributed by atoms with Crippen LogP contribution in [-0.2, 0) is 11.2 Å². The first-order valence-electron chi connectivity index (χ1n) is 9.10. The fourth-order valence-electron chi connectivity index (χ4n) is 2.99. The summed E-state index contributed by atoms with van der Waals surface area (Å²) in [5, 5.41) is 2.89. The fraction of sp³-hybridized carbons (Fsp3) is 0.579. The lowest BCUT2D eigenvalue weighted by Gasteiger charge is -2.23. The van der Waals surface area contributed by atoms with Gasteiger partial charge in [0, 0.05) is 44.4 Å². The third-order valence-corrected chi connectivity index (χ3v) is 4.50. The Morgan fingerprint density at radius 2 is 1.81 bits per heavy atom. The second-order valence-electron chi connectivity index (χ2n) is 6.31. The largest absolute Gasteiger partial charge is 0.497 e. The number of benzene rings is 1. The van der Waals surface area contributed by atoms with E-state index in [-0.39, 0.29) is 18.4 Å². The Kier molecular flexibility index (Phi) is 7.56. The van der Waals surface area contributed by atoms with Crippen LogP contribution >= 0.6 is 0 Å². The molecule has 0 radical (unpaired) electrons. The molecule has 26 heavy (non-hydrogen) atoms. The lowest BCUT2D eigenvalue weighted by molar-refractivity contribution is -0.130. The quantitative estimate of drug-likeness (QED) is 0.838. The van der Waals surface area contributed by atoms with E-state index in [4.69, 9.17) is 9.47 Å². The third-order valence-electron chi connectivity index (χ3n) is 4.50. The van der Waals surface area contributed by atoms with Crippen molar-refractivity contribution in [2.75, 3.05) is 46.9 Å². The van der Waals surface area contributed by atoms with Gasteiger partial charge in [0.1, 0.15) is 11.5 Å². The molecule has 144 valence electrons. The van der Waals surface area contributed by atoms with Crippen LogP contribution in [0.5, 0.6) is 11.5 Å². The molecule has 1 aliphatic heterocycles. The van der Waals surface area contributed by atoms with Crippen LogP contribution in [0.25, 0.3) is 0 Å². The highest BCUT2D eigenvalue weighted by atomic mass is 16.5. The summed E-state index contributed by atoms with van der Waals surface area (Å²) < 4.78 is 10.6. The SMILES string of the molecule is CCCNC(=O)N1CCCN(C(=O)Cc2ccc(OC)cc2OC)CC1. The van der Waals surface area contributed by atoms with Gasteiger partial charge < -0.3 is 24.6 Å². The monoisotopic (exact) mass is 363 g/mol. The Balaban J connectivity index is 1.95. The number of hydrogen-bond donors (Lipinski definition) is 1. The number of nitrogens with one attached hydrogen (secondary N) is 1. The zero-order valence-electron chi connectivity index (χ0n) is 15.9. The van der Waals surface area contributed by atoms with Crippen molar-refractivity contribution in [1.29, 1.82) is 0 Å². The fourth-order valence-corrected chi connectivity index (χ4v) is 2.99. The summed E-state index contributed by atoms with van der Waals surface area (Å²) in [6, 6.07) is 5.42. The normalized spacial score (nSPS) is 14.6. The van der Waals surface area contributed by atoms with Crippen molar-refractivity contribution in [2.24, 2.45) is 0 Å². The first kappa shape index (κ1) is 19.9. The van der Waals surface area contributed by atoms with Gasteiger partial charge in [-0.15, -0.1) is 0 Å². The molecule has 1 heterocycles. The Morgan fingerprint density at radius 3 is 2.50 bits per heavy atom. The van der Waals surface area contributed by atoms with Crippen LogP contribution in [-0.4, -0.2) is 68.7 Å². The number of methoxy groups -OCH3 is 2. The van der Waals surface area contributed by atoms with Crippen LogP contribution in [0.2, 0.25) is 0 Å². The molecule has 2 rings (SSSR count). The molecule has 1 fully saturated rings. The van der Waals surface area contributed by atoms with Crippen molar-refractivity contribution >= 4 is 11.9 Å². The molecule has 3 amide bonds. The Bertz CT molecular complexity index is 621. The number of rotatable bonds is 6. The van der Waals surface area contributed by atoms with Gasteiger partial charge in [-0.25, -0.2) is 4.79 Å². The number of amides is 3. The van der Waals surface area contributed by atoms with E-state index in [1.807, 2.05) is 24.0 Å². The molecule has 1 aliphatic rings. The minimum atomic E-state index is -0.0435. The van der Waals surface area contributed by atoms with Crippen LogP contribution in [0, 0.1) is 0 Å². The van der Waals surface area contributed by atoms with Crippen molar-refractivity contribution in [1.82, 2.24) is 15.1 Å². The molecular weight excluding hydrogens is 334 g/mol. The van der Waals surface area contributed by atoms with Gasteiger partial charge in [0.15, 0.2) is 0 Å². The molecule has 0 aromatic heterocycles. The summed E-state index contributed by atoms with van der Waals surface area (Å²) >= 11 is 0. The predicted octanol–water partition coefficient (Wildman–Crippen LogP) is 1.90. The number of carbonyl (C=O) groups excluding carboxylic acids is 2. The zero-order chi connectivity index (χ0) is 18.9. The molecule has 7 nitrogen and oxygen atoms in total. The molecule has 1 aromatic carbocycles. The van der Waals surface area contributed by atoms with Gasteiger partial charge in [-0.3, -0.25) is 4.79 Å². The molecule has 1 saturated heterocycles. The summed E-state index contributed by atoms with van der Waals surface area (Å²) in [4.78, 5) is 28.4. The van der Waals surface area contributed by atoms with Crippen LogP contribution in [0.3, 0.4) is 0 Å². The van der Waals surface area contributed by atoms with Gasteiger partial charge >= 0.3 is 6.03 Å². The standard InChI is InChI=1S/C19H29N3O4/c1-4-8-20-19(24)22-10-5-9-21(11-12-22)18(23)13-15-6-7-16(25-2)14-17(15)26-3/h6-7,14H,4-5,8-13H2,1-3H3,(H,20,24). The average molecular weight is 363 g/mol. The first-order chi connectivity index (χ1) is 12.6. The molecule has 0 saturated carbocycles. The Labute approximate surface area is 155 Å². The lowest BCUT2D eigenvalue weighted by Crippen LogP contribution is -2.43. The second kappa shape index (κ2) is 9.89. The van der Waals surface area contributed by atoms with Gasteiger partial charge in [0.05, 0.1) is 20.6 Å². The van der Waals surface area contributed by atoms with Crippen molar-refractivity contribution in [3.8, 4) is 11.5 Å². The molecule has 7 heteroatoms. The van der Waals surface area contributed by atoms with Crippen LogP contribution in [0.15, 0.2) is 18.2 Å². The van der Waals surface area contributed by atoms with E-state index in [1.165, 1.54) is 0 Å². The van der Waals surface area contributed by atoms with Crippen molar-refractivity contribution in [3.63, 3.8) is 0 Å². The lowest BCUT2D eigenvalue weighted by atomic mass is 10.1. The first-order valence-corrected chi connectivity index (χ1v) is 9.10. The minimum Gasteiger partial charge on any atom is -0.497 e. The molecule has 0 aliphatic carbocycles. The molecular formula is C19H29N3O4. The van der Waals surface area contributed by atoms with Crippen molar-refractivity contribution < 1.29 is 19.1 Å². The van der Waals surface area contributed by atoms with Gasteiger partial charge in [0.25, 0.3) is 0 Å². The number of ether oxygens (including phenoxy) is 2. The average Bonchev–Trinajstić information content (AvgIpc) is 2.92. The van der Waals surface area contributed by atoms with Gasteiger partial charge in [-0.2, -0.15) is 0 Å². The zero-order valence-corrected chi connectivity index (χ0v) is 15.9. The number of nitrogens with zero attached hydrogens (tertiary/aromatic N) is 2. The maximum absolute atomic E-state index is 12.7. The molecule has 1 N–H and O–H groups in total. The van der Waals surface area contributed by atoms with E-state index in [0.717, 1.165) is 18.4 Å². The Morgan fingerprint density at radius 1 is 1.08 bits per heavy atom. The molecule has 0 bridgehead atoms. The molecule has 0 spiro atoms. The van der Waals surface area contributed by atoms with E-state index >= 15 is 0 Å². The van der Waals surface area contributed by atoms with Gasteiger partial charge in [-0.1, -0.05) is 13.0 Å². The van der Waals surface area contributed by atoms with E-state index in [9.17, 15) is 9.59 Å². The van der Waals surface area contributed by atoms with Crippen molar-refractivity contribution in [2.45, 2.75) is 26.2 Å². The van der Waals surface area contributed by atoms with Crippen LogP contribution < -0.4 is 14.8 Å². The second-order valence-corrected chi connectivity index (χ2v) is 6.31. The molecule has 0 unspecified atom stereocenters. The number of hydrogen-bond acceptors (Lipinski definition) is 4. The van der Waals surface area contributed by atoms with E-state index < -0.39 is 0 Å². The summed E-state index contributed by atoms with van der Waals surface area (Å²) in [5.41, 5.74) is 0.833. The maximum atomic E-state index is 12.7. The van der Waals surface area contributed by atoms with Crippen LogP contribution in [0.1, 0.15) is 25.3 Å². The smallest absolute Gasteiger partial charge is 0.317 e. The third kappa shape index (κ3) is 5.28. The van der Waals surface area contributed by atoms with Crippen molar-refractivity contribution in [3.05, 3.63) is 23.8 Å². The highest BCUT2D eigenvalue weighted by Crippen LogP contribution is 2.25. The highest BCUT2D eigenvalue weighted by molar-refractivity contribution is 5.80. The number of carbonyl (C=O) groups is 2. The van der Waals surface area contributed by atoms with Crippen LogP contribution in [0.4, 0.5) is 4.79 Å². The molecule has 0 atom stereocenters. The van der Waals surface area contributed by atoms with E-state index in [1.54, 1.807) is 25.2 Å². The number of urea groups is 1. The summed E-state index contributed by atoms with van der Waals surface area (Å²) in [5.74, 6) is 1.39. The minimum absolute atomic E-state index is 0.0435. The summed E-state index contributed by atoms with van der Waals surface area (Å²) in [6.45, 7) is 5.14.